The third-order valence-corrected chi connectivity index (χ3v) is 4.12. The van der Waals surface area contributed by atoms with Gasteiger partial charge in [0.2, 0.25) is 0 Å². The maximum Gasteiger partial charge on any atom is 0.0794 e. The Hall–Kier alpha value is -0.670. The number of nitrogens with zero attached hydrogens (tertiary/aromatic N) is 1. The van der Waals surface area contributed by atoms with Crippen molar-refractivity contribution in [3.8, 4) is 0 Å². The summed E-state index contributed by atoms with van der Waals surface area (Å²) < 4.78 is 0. The van der Waals surface area contributed by atoms with Crippen LogP contribution in [0.3, 0.4) is 0 Å². The highest BCUT2D eigenvalue weighted by molar-refractivity contribution is 7.09. The van der Waals surface area contributed by atoms with Gasteiger partial charge in [0.15, 0.2) is 0 Å². The summed E-state index contributed by atoms with van der Waals surface area (Å²) in [5, 5.41) is 3.61. The van der Waals surface area contributed by atoms with Crippen molar-refractivity contribution in [1.82, 2.24) is 10.3 Å². The van der Waals surface area contributed by atoms with Crippen molar-refractivity contribution in [1.29, 1.82) is 0 Å². The van der Waals surface area contributed by atoms with Gasteiger partial charge in [-0.25, -0.2) is 0 Å². The predicted octanol–water partition coefficient (Wildman–Crippen LogP) is 3.55. The lowest BCUT2D eigenvalue weighted by atomic mass is 9.93. The van der Waals surface area contributed by atoms with E-state index in [9.17, 15) is 0 Å². The molecule has 0 radical (unpaired) electrons. The molecule has 0 aliphatic heterocycles. The summed E-state index contributed by atoms with van der Waals surface area (Å²) in [7, 11) is 0. The number of hydrogen-bond acceptors (Lipinski definition) is 3. The van der Waals surface area contributed by atoms with Gasteiger partial charge in [0.25, 0.3) is 0 Å². The average Bonchev–Trinajstić information content (AvgIpc) is 2.83. The van der Waals surface area contributed by atoms with E-state index in [1.165, 1.54) is 37.0 Å². The van der Waals surface area contributed by atoms with E-state index in [1.807, 2.05) is 11.7 Å². The molecule has 0 fully saturated rings. The third kappa shape index (κ3) is 4.25. The molecule has 1 N–H and O–H groups in total. The first-order valence-corrected chi connectivity index (χ1v) is 7.55. The van der Waals surface area contributed by atoms with Crippen LogP contribution in [0.1, 0.15) is 43.9 Å². The standard InChI is InChI=1S/C14H22N2S/c1-2-16-13(9-14-10-15-11-17-14)8-12-6-4-3-5-7-12/h6,10-11,13,16H,2-5,7-9H2,1H3. The van der Waals surface area contributed by atoms with Crippen LogP contribution in [0.5, 0.6) is 0 Å². The summed E-state index contributed by atoms with van der Waals surface area (Å²) in [6.45, 7) is 3.24. The number of hydrogen-bond donors (Lipinski definition) is 1. The summed E-state index contributed by atoms with van der Waals surface area (Å²) in [6.07, 6.45) is 12.2. The van der Waals surface area contributed by atoms with Crippen molar-refractivity contribution in [3.63, 3.8) is 0 Å². The van der Waals surface area contributed by atoms with E-state index in [0.29, 0.717) is 6.04 Å². The van der Waals surface area contributed by atoms with Crippen LogP contribution in [0, 0.1) is 0 Å². The molecule has 0 amide bonds. The molecular weight excluding hydrogens is 228 g/mol. The van der Waals surface area contributed by atoms with Crippen molar-refractivity contribution >= 4 is 11.3 Å². The highest BCUT2D eigenvalue weighted by Crippen LogP contribution is 2.23. The molecule has 1 aliphatic rings. The van der Waals surface area contributed by atoms with Crippen LogP contribution in [0.2, 0.25) is 0 Å². The Kier molecular flexibility index (Phi) is 5.20. The molecule has 1 heterocycles. The Morgan fingerprint density at radius 1 is 1.41 bits per heavy atom. The molecule has 1 unspecified atom stereocenters. The van der Waals surface area contributed by atoms with Gasteiger partial charge in [-0.05, 0) is 45.1 Å². The lowest BCUT2D eigenvalue weighted by molar-refractivity contribution is 0.506. The first-order chi connectivity index (χ1) is 8.38. The van der Waals surface area contributed by atoms with Crippen LogP contribution in [-0.4, -0.2) is 17.6 Å². The Bertz CT molecular complexity index is 343. The van der Waals surface area contributed by atoms with Gasteiger partial charge in [-0.3, -0.25) is 4.98 Å². The number of allylic oxidation sites excluding steroid dienone is 1. The number of aromatic nitrogens is 1. The number of nitrogens with one attached hydrogen (secondary N) is 1. The molecule has 0 aromatic carbocycles. The van der Waals surface area contributed by atoms with Gasteiger partial charge < -0.3 is 5.32 Å². The van der Waals surface area contributed by atoms with Gasteiger partial charge in [-0.2, -0.15) is 0 Å². The van der Waals surface area contributed by atoms with Crippen molar-refractivity contribution in [3.05, 3.63) is 28.2 Å². The molecule has 1 aromatic rings. The lowest BCUT2D eigenvalue weighted by Crippen LogP contribution is -2.31. The Morgan fingerprint density at radius 2 is 2.35 bits per heavy atom. The van der Waals surface area contributed by atoms with E-state index in [1.54, 1.807) is 16.9 Å². The summed E-state index contributed by atoms with van der Waals surface area (Å²) >= 11 is 1.77. The second-order valence-corrected chi connectivity index (χ2v) is 5.71. The molecule has 1 atom stereocenters. The lowest BCUT2D eigenvalue weighted by Gasteiger charge is -2.21. The molecule has 2 rings (SSSR count). The fourth-order valence-electron chi connectivity index (χ4n) is 2.50. The molecular formula is C14H22N2S. The molecule has 2 nitrogen and oxygen atoms in total. The molecule has 0 bridgehead atoms. The largest absolute Gasteiger partial charge is 0.314 e. The van der Waals surface area contributed by atoms with E-state index < -0.39 is 0 Å². The quantitative estimate of drug-likeness (QED) is 0.781. The first kappa shape index (κ1) is 12.8. The first-order valence-electron chi connectivity index (χ1n) is 6.67. The minimum atomic E-state index is 0.588. The zero-order valence-electron chi connectivity index (χ0n) is 10.6. The van der Waals surface area contributed by atoms with E-state index in [0.717, 1.165) is 13.0 Å². The van der Waals surface area contributed by atoms with E-state index in [2.05, 4.69) is 23.3 Å². The van der Waals surface area contributed by atoms with Crippen LogP contribution < -0.4 is 5.32 Å². The Morgan fingerprint density at radius 3 is 3.00 bits per heavy atom. The summed E-state index contributed by atoms with van der Waals surface area (Å²) in [4.78, 5) is 5.55. The van der Waals surface area contributed by atoms with Gasteiger partial charge in [0.1, 0.15) is 0 Å². The number of thiazole rings is 1. The third-order valence-electron chi connectivity index (χ3n) is 3.32. The van der Waals surface area contributed by atoms with Crippen LogP contribution >= 0.6 is 11.3 Å². The SMILES string of the molecule is CCNC(CC1=CCCCC1)Cc1cncs1. The summed E-state index contributed by atoms with van der Waals surface area (Å²) in [5.74, 6) is 0. The Labute approximate surface area is 108 Å². The topological polar surface area (TPSA) is 24.9 Å². The minimum Gasteiger partial charge on any atom is -0.314 e. The monoisotopic (exact) mass is 250 g/mol. The average molecular weight is 250 g/mol. The smallest absolute Gasteiger partial charge is 0.0794 e. The summed E-state index contributed by atoms with van der Waals surface area (Å²) in [6, 6.07) is 0.588. The Balaban J connectivity index is 1.89. The van der Waals surface area contributed by atoms with E-state index >= 15 is 0 Å². The van der Waals surface area contributed by atoms with Gasteiger partial charge in [0, 0.05) is 17.1 Å². The van der Waals surface area contributed by atoms with E-state index in [4.69, 9.17) is 0 Å². The molecule has 0 saturated carbocycles. The molecule has 3 heteroatoms. The fourth-order valence-corrected chi connectivity index (χ4v) is 3.17. The zero-order valence-corrected chi connectivity index (χ0v) is 11.4. The molecule has 94 valence electrons. The molecule has 1 aliphatic carbocycles. The van der Waals surface area contributed by atoms with Crippen LogP contribution in [0.4, 0.5) is 0 Å². The number of rotatable bonds is 6. The van der Waals surface area contributed by atoms with E-state index in [-0.39, 0.29) is 0 Å². The van der Waals surface area contributed by atoms with Gasteiger partial charge in [-0.15, -0.1) is 11.3 Å². The van der Waals surface area contributed by atoms with Gasteiger partial charge in [0.05, 0.1) is 5.51 Å². The maximum absolute atomic E-state index is 4.16. The minimum absolute atomic E-state index is 0.588. The van der Waals surface area contributed by atoms with Crippen LogP contribution in [0.25, 0.3) is 0 Å². The van der Waals surface area contributed by atoms with Crippen molar-refractivity contribution in [2.24, 2.45) is 0 Å². The van der Waals surface area contributed by atoms with Crippen molar-refractivity contribution < 1.29 is 0 Å². The normalized spacial score (nSPS) is 17.8. The van der Waals surface area contributed by atoms with Gasteiger partial charge >= 0.3 is 0 Å². The van der Waals surface area contributed by atoms with Crippen LogP contribution in [-0.2, 0) is 6.42 Å². The molecule has 0 spiro atoms. The predicted molar refractivity (Wildman–Crippen MR) is 74.5 cm³/mol. The summed E-state index contributed by atoms with van der Waals surface area (Å²) in [5.41, 5.74) is 3.59. The van der Waals surface area contributed by atoms with Crippen LogP contribution in [0.15, 0.2) is 23.4 Å². The van der Waals surface area contributed by atoms with Crippen molar-refractivity contribution in [2.75, 3.05) is 6.54 Å². The fraction of sp³-hybridized carbons (Fsp3) is 0.643. The number of likely N-dealkylation sites (N-methyl/N-ethyl adjacent to an activating group) is 1. The zero-order chi connectivity index (χ0) is 11.9. The highest BCUT2D eigenvalue weighted by Gasteiger charge is 2.13. The highest BCUT2D eigenvalue weighted by atomic mass is 32.1. The van der Waals surface area contributed by atoms with Gasteiger partial charge in [-0.1, -0.05) is 18.6 Å². The van der Waals surface area contributed by atoms with Crippen molar-refractivity contribution in [2.45, 2.75) is 51.5 Å². The molecule has 17 heavy (non-hydrogen) atoms. The second-order valence-electron chi connectivity index (χ2n) is 4.74. The maximum atomic E-state index is 4.16. The second kappa shape index (κ2) is 6.92. The molecule has 0 saturated heterocycles. The molecule has 1 aromatic heterocycles.